The Balaban J connectivity index is 2.34. The van der Waals surface area contributed by atoms with Crippen molar-refractivity contribution in [2.45, 2.75) is 6.92 Å². The molecule has 18 heavy (non-hydrogen) atoms. The predicted octanol–water partition coefficient (Wildman–Crippen LogP) is 1.93. The van der Waals surface area contributed by atoms with Crippen LogP contribution in [0, 0.1) is 0 Å². The summed E-state index contributed by atoms with van der Waals surface area (Å²) in [5.41, 5.74) is 1.38. The number of oxime groups is 1. The van der Waals surface area contributed by atoms with E-state index >= 15 is 0 Å². The smallest absolute Gasteiger partial charge is 0.120 e. The molecule has 0 saturated heterocycles. The van der Waals surface area contributed by atoms with E-state index in [1.165, 1.54) is 0 Å². The van der Waals surface area contributed by atoms with Gasteiger partial charge in [0.2, 0.25) is 0 Å². The molecule has 0 aliphatic heterocycles. The van der Waals surface area contributed by atoms with Gasteiger partial charge in [-0.3, -0.25) is 0 Å². The number of ether oxygens (including phenoxy) is 3. The van der Waals surface area contributed by atoms with Crippen LogP contribution in [-0.4, -0.2) is 44.5 Å². The maximum atomic E-state index is 8.69. The highest BCUT2D eigenvalue weighted by atomic mass is 16.5. The second kappa shape index (κ2) is 8.49. The molecule has 0 atom stereocenters. The van der Waals surface area contributed by atoms with Crippen LogP contribution < -0.4 is 4.74 Å². The maximum Gasteiger partial charge on any atom is 0.120 e. The summed E-state index contributed by atoms with van der Waals surface area (Å²) in [6, 6.07) is 7.38. The van der Waals surface area contributed by atoms with Gasteiger partial charge in [0.05, 0.1) is 25.5 Å². The second-order valence-corrected chi connectivity index (χ2v) is 3.67. The van der Waals surface area contributed by atoms with Crippen molar-refractivity contribution in [2.24, 2.45) is 5.16 Å². The van der Waals surface area contributed by atoms with E-state index in [4.69, 9.17) is 19.4 Å². The van der Waals surface area contributed by atoms with Gasteiger partial charge >= 0.3 is 0 Å². The minimum atomic E-state index is 0.475. The van der Waals surface area contributed by atoms with Crippen molar-refractivity contribution in [3.63, 3.8) is 0 Å². The lowest BCUT2D eigenvalue weighted by Crippen LogP contribution is -2.10. The van der Waals surface area contributed by atoms with E-state index in [9.17, 15) is 0 Å². The second-order valence-electron chi connectivity index (χ2n) is 3.67. The van der Waals surface area contributed by atoms with Crippen molar-refractivity contribution >= 4 is 5.71 Å². The predicted molar refractivity (Wildman–Crippen MR) is 68.6 cm³/mol. The molecule has 0 spiro atoms. The van der Waals surface area contributed by atoms with Crippen LogP contribution in [-0.2, 0) is 9.47 Å². The molecule has 5 nitrogen and oxygen atoms in total. The van der Waals surface area contributed by atoms with Crippen molar-refractivity contribution < 1.29 is 19.4 Å². The molecule has 1 aromatic carbocycles. The van der Waals surface area contributed by atoms with E-state index in [-0.39, 0.29) is 0 Å². The molecule has 0 saturated carbocycles. The summed E-state index contributed by atoms with van der Waals surface area (Å²) in [5, 5.41) is 11.8. The quantitative estimate of drug-likeness (QED) is 0.333. The van der Waals surface area contributed by atoms with Crippen LogP contribution in [0.4, 0.5) is 0 Å². The summed E-state index contributed by atoms with van der Waals surface area (Å²) in [7, 11) is 1.64. The molecule has 1 aromatic rings. The van der Waals surface area contributed by atoms with E-state index in [0.29, 0.717) is 32.1 Å². The Bertz CT molecular complexity index is 379. The largest absolute Gasteiger partial charge is 0.491 e. The van der Waals surface area contributed by atoms with Crippen molar-refractivity contribution in [1.29, 1.82) is 0 Å². The minimum absolute atomic E-state index is 0.475. The zero-order valence-corrected chi connectivity index (χ0v) is 10.8. The first-order chi connectivity index (χ1) is 8.77. The van der Waals surface area contributed by atoms with Gasteiger partial charge in [0.1, 0.15) is 12.4 Å². The standard InChI is InChI=1S/C13H19NO4/c1-11(14-15)12-4-3-5-13(10-12)18-9-8-17-7-6-16-2/h3-5,10,15H,6-9H2,1-2H3. The van der Waals surface area contributed by atoms with Crippen molar-refractivity contribution in [3.05, 3.63) is 29.8 Å². The molecule has 0 amide bonds. The Morgan fingerprint density at radius 1 is 1.22 bits per heavy atom. The Morgan fingerprint density at radius 3 is 2.72 bits per heavy atom. The third kappa shape index (κ3) is 5.16. The fourth-order valence-corrected chi connectivity index (χ4v) is 1.33. The summed E-state index contributed by atoms with van der Waals surface area (Å²) in [6.07, 6.45) is 0. The van der Waals surface area contributed by atoms with E-state index in [2.05, 4.69) is 5.16 Å². The molecule has 100 valence electrons. The van der Waals surface area contributed by atoms with Crippen molar-refractivity contribution in [1.82, 2.24) is 0 Å². The van der Waals surface area contributed by atoms with Crippen LogP contribution in [0.1, 0.15) is 12.5 Å². The highest BCUT2D eigenvalue weighted by Crippen LogP contribution is 2.13. The van der Waals surface area contributed by atoms with Gasteiger partial charge in [-0.15, -0.1) is 0 Å². The number of hydrogen-bond donors (Lipinski definition) is 1. The highest BCUT2D eigenvalue weighted by Gasteiger charge is 2.00. The van der Waals surface area contributed by atoms with E-state index in [0.717, 1.165) is 11.3 Å². The van der Waals surface area contributed by atoms with Crippen LogP contribution in [0.25, 0.3) is 0 Å². The van der Waals surface area contributed by atoms with Gasteiger partial charge in [-0.05, 0) is 19.1 Å². The molecule has 0 unspecified atom stereocenters. The van der Waals surface area contributed by atoms with Gasteiger partial charge in [0.15, 0.2) is 0 Å². The lowest BCUT2D eigenvalue weighted by Gasteiger charge is -2.08. The zero-order valence-electron chi connectivity index (χ0n) is 10.8. The number of benzene rings is 1. The van der Waals surface area contributed by atoms with E-state index in [1.54, 1.807) is 14.0 Å². The molecule has 1 rings (SSSR count). The summed E-state index contributed by atoms with van der Waals surface area (Å²) < 4.78 is 15.7. The van der Waals surface area contributed by atoms with E-state index < -0.39 is 0 Å². The molecular formula is C13H19NO4. The molecule has 1 N–H and O–H groups in total. The topological polar surface area (TPSA) is 60.3 Å². The van der Waals surface area contributed by atoms with Crippen LogP contribution >= 0.6 is 0 Å². The SMILES string of the molecule is COCCOCCOc1cccc(C(C)=NO)c1. The maximum absolute atomic E-state index is 8.69. The van der Waals surface area contributed by atoms with Crippen molar-refractivity contribution in [3.8, 4) is 5.75 Å². The lowest BCUT2D eigenvalue weighted by molar-refractivity contribution is 0.0544. The van der Waals surface area contributed by atoms with Gasteiger partial charge in [-0.25, -0.2) is 0 Å². The number of rotatable bonds is 8. The number of hydrogen-bond acceptors (Lipinski definition) is 5. The molecule has 0 fully saturated rings. The number of nitrogens with zero attached hydrogens (tertiary/aromatic N) is 1. The molecular weight excluding hydrogens is 234 g/mol. The van der Waals surface area contributed by atoms with Crippen LogP contribution in [0.2, 0.25) is 0 Å². The van der Waals surface area contributed by atoms with Crippen LogP contribution in [0.15, 0.2) is 29.4 Å². The first-order valence-corrected chi connectivity index (χ1v) is 5.76. The van der Waals surface area contributed by atoms with Gasteiger partial charge in [0.25, 0.3) is 0 Å². The zero-order chi connectivity index (χ0) is 13.2. The van der Waals surface area contributed by atoms with Crippen LogP contribution in [0.3, 0.4) is 0 Å². The summed E-state index contributed by atoms with van der Waals surface area (Å²) in [5.74, 6) is 0.728. The monoisotopic (exact) mass is 253 g/mol. The first kappa shape index (κ1) is 14.5. The molecule has 0 aromatic heterocycles. The third-order valence-corrected chi connectivity index (χ3v) is 2.33. The van der Waals surface area contributed by atoms with Crippen molar-refractivity contribution in [2.75, 3.05) is 33.5 Å². The average Bonchev–Trinajstić information content (AvgIpc) is 2.42. The Morgan fingerprint density at radius 2 is 2.00 bits per heavy atom. The molecule has 0 aliphatic rings. The number of methoxy groups -OCH3 is 1. The van der Waals surface area contributed by atoms with Crippen LogP contribution in [0.5, 0.6) is 5.75 Å². The van der Waals surface area contributed by atoms with Gasteiger partial charge < -0.3 is 19.4 Å². The highest BCUT2D eigenvalue weighted by molar-refractivity contribution is 5.98. The average molecular weight is 253 g/mol. The summed E-state index contributed by atoms with van der Waals surface area (Å²) in [6.45, 7) is 3.87. The van der Waals surface area contributed by atoms with Gasteiger partial charge in [0, 0.05) is 12.7 Å². The van der Waals surface area contributed by atoms with Gasteiger partial charge in [-0.1, -0.05) is 17.3 Å². The van der Waals surface area contributed by atoms with E-state index in [1.807, 2.05) is 24.3 Å². The molecule has 0 aliphatic carbocycles. The fourth-order valence-electron chi connectivity index (χ4n) is 1.33. The molecule has 0 heterocycles. The Hall–Kier alpha value is -1.59. The first-order valence-electron chi connectivity index (χ1n) is 5.76. The molecule has 5 heteroatoms. The van der Waals surface area contributed by atoms with Gasteiger partial charge in [-0.2, -0.15) is 0 Å². The summed E-state index contributed by atoms with van der Waals surface area (Å²) >= 11 is 0. The minimum Gasteiger partial charge on any atom is -0.491 e. The fraction of sp³-hybridized carbons (Fsp3) is 0.462. The third-order valence-electron chi connectivity index (χ3n) is 2.33. The Kier molecular flexibility index (Phi) is 6.83. The summed E-state index contributed by atoms with van der Waals surface area (Å²) in [4.78, 5) is 0. The normalized spacial score (nSPS) is 11.6. The lowest BCUT2D eigenvalue weighted by atomic mass is 10.1. The molecule has 0 radical (unpaired) electrons. The molecule has 0 bridgehead atoms. The Labute approximate surface area is 107 Å².